The van der Waals surface area contributed by atoms with Gasteiger partial charge in [0.2, 0.25) is 0 Å². The van der Waals surface area contributed by atoms with Crippen molar-refractivity contribution in [2.75, 3.05) is 19.7 Å². The summed E-state index contributed by atoms with van der Waals surface area (Å²) in [6, 6.07) is 0. The van der Waals surface area contributed by atoms with E-state index in [0.717, 1.165) is 19.4 Å². The molecule has 0 spiro atoms. The standard InChI is InChI=1S/C9H16F3N3O/c10-9(11,12)3-4-14-8(13)15-6-7-2-1-5-16-7/h7H,1-6H2,(H3,13,14,15). The second-order valence-electron chi connectivity index (χ2n) is 3.65. The third kappa shape index (κ3) is 5.79. The fraction of sp³-hybridized carbons (Fsp3) is 0.889. The Morgan fingerprint density at radius 2 is 2.25 bits per heavy atom. The maximum atomic E-state index is 11.8. The third-order valence-corrected chi connectivity index (χ3v) is 2.20. The number of nitrogens with zero attached hydrogens (tertiary/aromatic N) is 1. The summed E-state index contributed by atoms with van der Waals surface area (Å²) < 4.78 is 40.7. The highest BCUT2D eigenvalue weighted by atomic mass is 19.4. The van der Waals surface area contributed by atoms with Gasteiger partial charge in [0.25, 0.3) is 0 Å². The van der Waals surface area contributed by atoms with Crippen molar-refractivity contribution in [1.29, 1.82) is 0 Å². The smallest absolute Gasteiger partial charge is 0.376 e. The van der Waals surface area contributed by atoms with E-state index in [1.807, 2.05) is 0 Å². The van der Waals surface area contributed by atoms with Crippen LogP contribution < -0.4 is 11.1 Å². The van der Waals surface area contributed by atoms with E-state index in [0.29, 0.717) is 6.54 Å². The molecule has 0 aromatic heterocycles. The van der Waals surface area contributed by atoms with Gasteiger partial charge in [0.15, 0.2) is 5.96 Å². The van der Waals surface area contributed by atoms with Crippen LogP contribution in [0.5, 0.6) is 0 Å². The normalized spacial score (nSPS) is 22.4. The average molecular weight is 239 g/mol. The van der Waals surface area contributed by atoms with Gasteiger partial charge in [-0.2, -0.15) is 13.2 Å². The van der Waals surface area contributed by atoms with Gasteiger partial charge in [-0.3, -0.25) is 4.99 Å². The number of nitrogens with one attached hydrogen (secondary N) is 1. The van der Waals surface area contributed by atoms with Gasteiger partial charge in [0.1, 0.15) is 0 Å². The molecule has 1 rings (SSSR count). The minimum atomic E-state index is -4.16. The predicted octanol–water partition coefficient (Wildman–Crippen LogP) is 1.02. The van der Waals surface area contributed by atoms with E-state index < -0.39 is 12.6 Å². The van der Waals surface area contributed by atoms with Crippen LogP contribution in [0.3, 0.4) is 0 Å². The molecule has 1 aliphatic rings. The van der Waals surface area contributed by atoms with Gasteiger partial charge in [-0.25, -0.2) is 0 Å². The van der Waals surface area contributed by atoms with Crippen molar-refractivity contribution in [3.8, 4) is 0 Å². The molecule has 0 aliphatic carbocycles. The van der Waals surface area contributed by atoms with E-state index in [1.54, 1.807) is 0 Å². The summed E-state index contributed by atoms with van der Waals surface area (Å²) in [5.41, 5.74) is 5.40. The molecule has 16 heavy (non-hydrogen) atoms. The summed E-state index contributed by atoms with van der Waals surface area (Å²) in [7, 11) is 0. The maximum absolute atomic E-state index is 11.8. The predicted molar refractivity (Wildman–Crippen MR) is 54.1 cm³/mol. The van der Waals surface area contributed by atoms with E-state index in [4.69, 9.17) is 10.5 Å². The highest BCUT2D eigenvalue weighted by molar-refractivity contribution is 5.77. The molecule has 0 bridgehead atoms. The average Bonchev–Trinajstić information content (AvgIpc) is 2.65. The van der Waals surface area contributed by atoms with Crippen LogP contribution in [-0.4, -0.2) is 37.9 Å². The quantitative estimate of drug-likeness (QED) is 0.569. The molecule has 1 aliphatic heterocycles. The van der Waals surface area contributed by atoms with E-state index in [2.05, 4.69) is 10.3 Å². The molecule has 1 heterocycles. The Morgan fingerprint density at radius 1 is 1.50 bits per heavy atom. The largest absolute Gasteiger partial charge is 0.390 e. The highest BCUT2D eigenvalue weighted by Gasteiger charge is 2.26. The lowest BCUT2D eigenvalue weighted by molar-refractivity contribution is -0.132. The van der Waals surface area contributed by atoms with Crippen molar-refractivity contribution in [3.05, 3.63) is 0 Å². The van der Waals surface area contributed by atoms with Crippen molar-refractivity contribution in [2.45, 2.75) is 31.5 Å². The summed E-state index contributed by atoms with van der Waals surface area (Å²) in [5, 5.41) is 2.42. The number of guanidine groups is 1. The molecule has 0 aromatic carbocycles. The maximum Gasteiger partial charge on any atom is 0.390 e. The molecule has 3 N–H and O–H groups in total. The number of rotatable bonds is 4. The Kier molecular flexibility index (Phi) is 4.85. The first-order valence-electron chi connectivity index (χ1n) is 5.19. The van der Waals surface area contributed by atoms with Crippen molar-refractivity contribution in [3.63, 3.8) is 0 Å². The lowest BCUT2D eigenvalue weighted by Crippen LogP contribution is -2.35. The summed E-state index contributed by atoms with van der Waals surface area (Å²) in [6.07, 6.45) is -3.09. The van der Waals surface area contributed by atoms with Crippen LogP contribution in [0.15, 0.2) is 4.99 Å². The SMILES string of the molecule is NC(=NCC1CCCO1)NCCC(F)(F)F. The number of alkyl halides is 3. The molecule has 1 unspecified atom stereocenters. The molecule has 1 saturated heterocycles. The van der Waals surface area contributed by atoms with Crippen LogP contribution in [0.25, 0.3) is 0 Å². The van der Waals surface area contributed by atoms with Gasteiger partial charge >= 0.3 is 6.18 Å². The fourth-order valence-electron chi connectivity index (χ4n) is 1.38. The van der Waals surface area contributed by atoms with Crippen LogP contribution >= 0.6 is 0 Å². The van der Waals surface area contributed by atoms with Gasteiger partial charge in [0, 0.05) is 13.2 Å². The summed E-state index contributed by atoms with van der Waals surface area (Å²) in [5.74, 6) is 0.0414. The number of aliphatic imine (C=N–C) groups is 1. The van der Waals surface area contributed by atoms with Crippen LogP contribution in [-0.2, 0) is 4.74 Å². The lowest BCUT2D eigenvalue weighted by atomic mass is 10.2. The molecule has 1 fully saturated rings. The zero-order valence-corrected chi connectivity index (χ0v) is 8.89. The number of ether oxygens (including phenoxy) is 1. The Hall–Kier alpha value is -0.980. The van der Waals surface area contributed by atoms with E-state index in [-0.39, 0.29) is 18.6 Å². The molecule has 4 nitrogen and oxygen atoms in total. The number of nitrogens with two attached hydrogens (primary N) is 1. The topological polar surface area (TPSA) is 59.6 Å². The minimum absolute atomic E-state index is 0.0414. The van der Waals surface area contributed by atoms with Crippen molar-refractivity contribution < 1.29 is 17.9 Å². The summed E-state index contributed by atoms with van der Waals surface area (Å²) >= 11 is 0. The van der Waals surface area contributed by atoms with Gasteiger partial charge in [0.05, 0.1) is 19.1 Å². The van der Waals surface area contributed by atoms with Crippen LogP contribution in [0, 0.1) is 0 Å². The Morgan fingerprint density at radius 3 is 2.81 bits per heavy atom. The van der Waals surface area contributed by atoms with Crippen molar-refractivity contribution >= 4 is 5.96 Å². The number of hydrogen-bond acceptors (Lipinski definition) is 2. The van der Waals surface area contributed by atoms with Crippen LogP contribution in [0.2, 0.25) is 0 Å². The Bertz CT molecular complexity index is 237. The van der Waals surface area contributed by atoms with Crippen LogP contribution in [0.1, 0.15) is 19.3 Å². The van der Waals surface area contributed by atoms with E-state index >= 15 is 0 Å². The fourth-order valence-corrected chi connectivity index (χ4v) is 1.38. The molecule has 0 aromatic rings. The summed E-state index contributed by atoms with van der Waals surface area (Å²) in [4.78, 5) is 3.92. The van der Waals surface area contributed by atoms with E-state index in [9.17, 15) is 13.2 Å². The van der Waals surface area contributed by atoms with Gasteiger partial charge < -0.3 is 15.8 Å². The molecule has 0 saturated carbocycles. The third-order valence-electron chi connectivity index (χ3n) is 2.20. The monoisotopic (exact) mass is 239 g/mol. The molecule has 0 amide bonds. The number of halogens is 3. The molecule has 0 radical (unpaired) electrons. The Labute approximate surface area is 92.0 Å². The molecule has 94 valence electrons. The highest BCUT2D eigenvalue weighted by Crippen LogP contribution is 2.18. The first-order valence-corrected chi connectivity index (χ1v) is 5.19. The summed E-state index contributed by atoms with van der Waals surface area (Å²) in [6.45, 7) is 0.886. The zero-order valence-electron chi connectivity index (χ0n) is 8.89. The van der Waals surface area contributed by atoms with E-state index in [1.165, 1.54) is 0 Å². The lowest BCUT2D eigenvalue weighted by Gasteiger charge is -2.09. The second kappa shape index (κ2) is 5.93. The Balaban J connectivity index is 2.13. The van der Waals surface area contributed by atoms with Crippen molar-refractivity contribution in [2.24, 2.45) is 10.7 Å². The van der Waals surface area contributed by atoms with Gasteiger partial charge in [-0.1, -0.05) is 0 Å². The molecule has 7 heteroatoms. The van der Waals surface area contributed by atoms with Crippen molar-refractivity contribution in [1.82, 2.24) is 5.32 Å². The number of hydrogen-bond donors (Lipinski definition) is 2. The first-order chi connectivity index (χ1) is 7.47. The minimum Gasteiger partial charge on any atom is -0.376 e. The molecule has 1 atom stereocenters. The van der Waals surface area contributed by atoms with Crippen LogP contribution in [0.4, 0.5) is 13.2 Å². The molecular formula is C9H16F3N3O. The second-order valence-corrected chi connectivity index (χ2v) is 3.65. The first kappa shape index (κ1) is 13.1. The van der Waals surface area contributed by atoms with Gasteiger partial charge in [-0.05, 0) is 12.8 Å². The molecular weight excluding hydrogens is 223 g/mol. The van der Waals surface area contributed by atoms with Gasteiger partial charge in [-0.15, -0.1) is 0 Å². The zero-order chi connectivity index (χ0) is 12.0.